The summed E-state index contributed by atoms with van der Waals surface area (Å²) in [6.45, 7) is 1.81. The Morgan fingerprint density at radius 3 is 2.34 bits per heavy atom. The number of fused-ring (bicyclic) bond motifs is 3. The summed E-state index contributed by atoms with van der Waals surface area (Å²) in [7, 11) is -2.71. The van der Waals surface area contributed by atoms with Crippen LogP contribution in [0, 0.1) is 12.7 Å². The minimum atomic E-state index is -4.13. The Labute approximate surface area is 217 Å². The molecule has 0 radical (unpaired) electrons. The lowest BCUT2D eigenvalue weighted by molar-refractivity contribution is 0.0685. The van der Waals surface area contributed by atoms with Crippen molar-refractivity contribution in [3.05, 3.63) is 101 Å². The summed E-state index contributed by atoms with van der Waals surface area (Å²) in [5, 5.41) is 10.6. The summed E-state index contributed by atoms with van der Waals surface area (Å²) < 4.78 is 53.8. The van der Waals surface area contributed by atoms with Crippen LogP contribution in [-0.2, 0) is 28.0 Å². The van der Waals surface area contributed by atoms with Crippen LogP contribution in [-0.4, -0.2) is 35.6 Å². The molecule has 0 bridgehead atoms. The first-order valence-corrected chi connectivity index (χ1v) is 13.0. The summed E-state index contributed by atoms with van der Waals surface area (Å²) in [5.41, 5.74) is 2.05. The maximum absolute atomic E-state index is 14.0. The number of aromatic carboxylic acids is 1. The molecule has 2 aromatic heterocycles. The minimum absolute atomic E-state index is 0.0649. The average Bonchev–Trinajstić information content (AvgIpc) is 3.25. The Hall–Kier alpha value is -4.28. The molecule has 5 rings (SSSR count). The van der Waals surface area contributed by atoms with Crippen molar-refractivity contribution in [1.82, 2.24) is 8.96 Å². The predicted octanol–water partition coefficient (Wildman–Crippen LogP) is 5.30. The smallest absolute Gasteiger partial charge is 0.354 e. The summed E-state index contributed by atoms with van der Waals surface area (Å²) in [6, 6.07) is 17.2. The van der Waals surface area contributed by atoms with E-state index in [0.29, 0.717) is 27.6 Å². The maximum Gasteiger partial charge on any atom is 0.354 e. The van der Waals surface area contributed by atoms with Gasteiger partial charge in [0.15, 0.2) is 5.69 Å². The molecule has 3 aromatic carbocycles. The van der Waals surface area contributed by atoms with E-state index in [2.05, 4.69) is 4.98 Å². The summed E-state index contributed by atoms with van der Waals surface area (Å²) in [5.74, 6) is -1.32. The highest BCUT2D eigenvalue weighted by Gasteiger charge is 2.29. The van der Waals surface area contributed by atoms with Gasteiger partial charge in [-0.1, -0.05) is 35.9 Å². The monoisotopic (exact) mass is 534 g/mol. The molecule has 0 aliphatic heterocycles. The van der Waals surface area contributed by atoms with Crippen LogP contribution >= 0.6 is 0 Å². The summed E-state index contributed by atoms with van der Waals surface area (Å²) in [4.78, 5) is 16.2. The molecule has 0 saturated heterocycles. The zero-order chi connectivity index (χ0) is 27.0. The van der Waals surface area contributed by atoms with Crippen molar-refractivity contribution in [2.75, 3.05) is 7.11 Å². The van der Waals surface area contributed by atoms with Crippen LogP contribution in [0.4, 0.5) is 4.39 Å². The first-order valence-electron chi connectivity index (χ1n) is 11.6. The van der Waals surface area contributed by atoms with Crippen molar-refractivity contribution in [3.8, 4) is 5.75 Å². The van der Waals surface area contributed by atoms with E-state index in [-0.39, 0.29) is 40.7 Å². The van der Waals surface area contributed by atoms with Gasteiger partial charge in [0.25, 0.3) is 10.0 Å². The second-order valence-corrected chi connectivity index (χ2v) is 10.5. The zero-order valence-electron chi connectivity index (χ0n) is 20.5. The number of nitrogens with zero attached hydrogens (tertiary/aromatic N) is 2. The molecule has 0 aliphatic carbocycles. The van der Waals surface area contributed by atoms with Gasteiger partial charge in [0.2, 0.25) is 0 Å². The number of halogens is 1. The molecule has 1 N–H and O–H groups in total. The highest BCUT2D eigenvalue weighted by molar-refractivity contribution is 7.90. The lowest BCUT2D eigenvalue weighted by Gasteiger charge is -2.11. The molecule has 10 heteroatoms. The number of aryl methyl sites for hydroxylation is 1. The van der Waals surface area contributed by atoms with Gasteiger partial charge in [-0.05, 0) is 48.9 Å². The summed E-state index contributed by atoms with van der Waals surface area (Å²) >= 11 is 0. The minimum Gasteiger partial charge on any atom is -0.488 e. The lowest BCUT2D eigenvalue weighted by Crippen LogP contribution is -2.14. The fourth-order valence-electron chi connectivity index (χ4n) is 4.45. The van der Waals surface area contributed by atoms with Gasteiger partial charge < -0.3 is 14.6 Å². The van der Waals surface area contributed by atoms with Gasteiger partial charge in [0.1, 0.15) is 18.2 Å². The number of aromatic nitrogens is 2. The Morgan fingerprint density at radius 2 is 1.68 bits per heavy atom. The van der Waals surface area contributed by atoms with E-state index < -0.39 is 16.0 Å². The van der Waals surface area contributed by atoms with Gasteiger partial charge in [-0.25, -0.2) is 26.6 Å². The number of ether oxygens (including phenoxy) is 2. The van der Waals surface area contributed by atoms with Gasteiger partial charge in [-0.2, -0.15) is 0 Å². The van der Waals surface area contributed by atoms with E-state index in [1.165, 1.54) is 37.6 Å². The van der Waals surface area contributed by atoms with Gasteiger partial charge in [-0.15, -0.1) is 0 Å². The molecule has 0 amide bonds. The molecule has 5 aromatic rings. The zero-order valence-corrected chi connectivity index (χ0v) is 21.3. The van der Waals surface area contributed by atoms with Crippen LogP contribution in [0.25, 0.3) is 21.8 Å². The second kappa shape index (κ2) is 9.88. The molecule has 8 nitrogen and oxygen atoms in total. The fourth-order valence-corrected chi connectivity index (χ4v) is 5.95. The Balaban J connectivity index is 1.82. The van der Waals surface area contributed by atoms with Crippen LogP contribution in [0.2, 0.25) is 0 Å². The van der Waals surface area contributed by atoms with Crippen molar-refractivity contribution in [2.24, 2.45) is 0 Å². The third kappa shape index (κ3) is 4.37. The van der Waals surface area contributed by atoms with Gasteiger partial charge in [-0.3, -0.25) is 0 Å². The number of methoxy groups -OCH3 is 1. The van der Waals surface area contributed by atoms with Crippen molar-refractivity contribution in [3.63, 3.8) is 0 Å². The number of carboxylic acids is 1. The molecule has 38 heavy (non-hydrogen) atoms. The second-order valence-electron chi connectivity index (χ2n) is 8.73. The SMILES string of the molecule is COCc1c(C(=O)O)ncc2c1c1c(OCc3ccc(F)cc3)cccc1n2S(=O)(=O)c1ccc(C)cc1. The molecular formula is C28H23FN2O6S. The lowest BCUT2D eigenvalue weighted by atomic mass is 10.1. The van der Waals surface area contributed by atoms with E-state index in [0.717, 1.165) is 9.54 Å². The van der Waals surface area contributed by atoms with Crippen molar-refractivity contribution in [2.45, 2.75) is 25.0 Å². The normalized spacial score (nSPS) is 11.8. The van der Waals surface area contributed by atoms with E-state index in [4.69, 9.17) is 9.47 Å². The highest BCUT2D eigenvalue weighted by atomic mass is 32.2. The average molecular weight is 535 g/mol. The molecule has 2 heterocycles. The topological polar surface area (TPSA) is 108 Å². The number of hydrogen-bond donors (Lipinski definition) is 1. The van der Waals surface area contributed by atoms with Gasteiger partial charge >= 0.3 is 5.97 Å². The predicted molar refractivity (Wildman–Crippen MR) is 139 cm³/mol. The van der Waals surface area contributed by atoms with Gasteiger partial charge in [0, 0.05) is 18.1 Å². The Kier molecular flexibility index (Phi) is 6.60. The molecule has 0 aliphatic rings. The molecule has 0 spiro atoms. The standard InChI is InChI=1S/C28H23FN2O6S/c1-17-6-12-20(13-7-17)38(34,35)31-22-4-3-5-24(37-15-18-8-10-19(29)11-9-18)26(22)25-21(16-36-2)27(28(32)33)30-14-23(25)31/h3-14H,15-16H2,1-2H3,(H,32,33). The highest BCUT2D eigenvalue weighted by Crippen LogP contribution is 2.40. The summed E-state index contributed by atoms with van der Waals surface area (Å²) in [6.07, 6.45) is 1.24. The molecule has 0 unspecified atom stereocenters. The third-order valence-electron chi connectivity index (χ3n) is 6.21. The van der Waals surface area contributed by atoms with E-state index in [9.17, 15) is 22.7 Å². The van der Waals surface area contributed by atoms with Crippen LogP contribution < -0.4 is 4.74 Å². The van der Waals surface area contributed by atoms with Crippen molar-refractivity contribution < 1.29 is 32.2 Å². The quantitative estimate of drug-likeness (QED) is 0.288. The Morgan fingerprint density at radius 1 is 0.974 bits per heavy atom. The molecular weight excluding hydrogens is 511 g/mol. The van der Waals surface area contributed by atoms with E-state index in [1.54, 1.807) is 42.5 Å². The number of hydrogen-bond acceptors (Lipinski definition) is 6. The number of carbonyl (C=O) groups is 1. The van der Waals surface area contributed by atoms with E-state index in [1.807, 2.05) is 6.92 Å². The number of rotatable bonds is 8. The van der Waals surface area contributed by atoms with Crippen molar-refractivity contribution in [1.29, 1.82) is 0 Å². The van der Waals surface area contributed by atoms with Crippen LogP contribution in [0.5, 0.6) is 5.75 Å². The first-order chi connectivity index (χ1) is 18.2. The van der Waals surface area contributed by atoms with E-state index >= 15 is 0 Å². The van der Waals surface area contributed by atoms with Crippen LogP contribution in [0.1, 0.15) is 27.2 Å². The Bertz CT molecular complexity index is 1780. The maximum atomic E-state index is 14.0. The van der Waals surface area contributed by atoms with Crippen molar-refractivity contribution >= 4 is 37.8 Å². The third-order valence-corrected chi connectivity index (χ3v) is 7.95. The first kappa shape index (κ1) is 25.4. The number of pyridine rings is 1. The molecule has 0 atom stereocenters. The largest absolute Gasteiger partial charge is 0.488 e. The molecule has 194 valence electrons. The number of benzene rings is 3. The van der Waals surface area contributed by atoms with Gasteiger partial charge in [0.05, 0.1) is 34.1 Å². The van der Waals surface area contributed by atoms with Crippen LogP contribution in [0.15, 0.2) is 77.8 Å². The number of carboxylic acid groups (broad SMARTS) is 1. The molecule has 0 fully saturated rings. The van der Waals surface area contributed by atoms with Crippen LogP contribution in [0.3, 0.4) is 0 Å². The fraction of sp³-hybridized carbons (Fsp3) is 0.143. The molecule has 0 saturated carbocycles.